The first kappa shape index (κ1) is 26.0. The smallest absolute Gasteiger partial charge is 0.335 e. The van der Waals surface area contributed by atoms with Crippen LogP contribution in [0.1, 0.15) is 64.5 Å². The fourth-order valence-corrected chi connectivity index (χ4v) is 6.03. The van der Waals surface area contributed by atoms with Crippen LogP contribution in [-0.2, 0) is 13.0 Å². The predicted molar refractivity (Wildman–Crippen MR) is 158 cm³/mol. The molecule has 1 aliphatic carbocycles. The lowest BCUT2D eigenvalue weighted by Crippen LogP contribution is -2.16. The molecular weight excluding hydrogens is 490 g/mol. The molecule has 1 aromatic heterocycles. The van der Waals surface area contributed by atoms with E-state index in [9.17, 15) is 4.79 Å². The van der Waals surface area contributed by atoms with E-state index in [2.05, 4.69) is 64.1 Å². The minimum Gasteiger partial charge on any atom is -0.478 e. The number of hydrogen-bond donors (Lipinski definition) is 2. The molecule has 6 heteroatoms. The maximum atomic E-state index is 11.1. The van der Waals surface area contributed by atoms with Gasteiger partial charge in [0.25, 0.3) is 0 Å². The van der Waals surface area contributed by atoms with E-state index < -0.39 is 5.97 Å². The van der Waals surface area contributed by atoms with Crippen molar-refractivity contribution < 1.29 is 9.90 Å². The molecule has 0 atom stereocenters. The zero-order valence-corrected chi connectivity index (χ0v) is 22.7. The summed E-state index contributed by atoms with van der Waals surface area (Å²) in [5.41, 5.74) is 7.35. The average Bonchev–Trinajstić information content (AvgIpc) is 3.43. The number of nitrogens with zero attached hydrogens (tertiary/aromatic N) is 2. The maximum absolute atomic E-state index is 11.1. The summed E-state index contributed by atoms with van der Waals surface area (Å²) in [4.78, 5) is 18.0. The number of carboxylic acids is 1. The van der Waals surface area contributed by atoms with E-state index in [0.29, 0.717) is 12.1 Å². The van der Waals surface area contributed by atoms with E-state index in [4.69, 9.17) is 10.1 Å². The van der Waals surface area contributed by atoms with Crippen LogP contribution in [0.4, 0.5) is 11.4 Å². The van der Waals surface area contributed by atoms with Crippen LogP contribution in [0.3, 0.4) is 0 Å². The first-order valence-electron chi connectivity index (χ1n) is 13.5. The Morgan fingerprint density at radius 3 is 2.37 bits per heavy atom. The summed E-state index contributed by atoms with van der Waals surface area (Å²) in [7, 11) is 1.99. The van der Waals surface area contributed by atoms with Gasteiger partial charge in [-0.05, 0) is 72.7 Å². The number of aromatic nitrogens is 1. The van der Waals surface area contributed by atoms with Gasteiger partial charge in [-0.25, -0.2) is 9.78 Å². The fourth-order valence-electron chi connectivity index (χ4n) is 5.17. The van der Waals surface area contributed by atoms with E-state index in [1.807, 2.05) is 19.2 Å². The Morgan fingerprint density at radius 1 is 0.974 bits per heavy atom. The molecule has 5 rings (SSSR count). The molecule has 0 saturated heterocycles. The number of aromatic carboxylic acids is 1. The standard InChI is InChI=1S/C32H35N3O2S/c1-35(29-17-13-27(14-18-29)32(36)37)21-31-34-30(22-38-31)26-11-15-28(16-12-26)33-20-19-23-7-9-25(10-8-23)24-5-3-2-4-6-24/h7-18,22,24,33H,2-6,19-21H2,1H3,(H,36,37). The lowest BCUT2D eigenvalue weighted by molar-refractivity contribution is 0.0697. The third-order valence-electron chi connectivity index (χ3n) is 7.46. The average molecular weight is 526 g/mol. The molecular formula is C32H35N3O2S. The highest BCUT2D eigenvalue weighted by Gasteiger charge is 2.15. The summed E-state index contributed by atoms with van der Waals surface area (Å²) in [6.07, 6.45) is 7.86. The summed E-state index contributed by atoms with van der Waals surface area (Å²) >= 11 is 1.64. The van der Waals surface area contributed by atoms with Gasteiger partial charge in [-0.1, -0.05) is 55.7 Å². The van der Waals surface area contributed by atoms with E-state index in [0.717, 1.165) is 46.5 Å². The number of hydrogen-bond acceptors (Lipinski definition) is 5. The van der Waals surface area contributed by atoms with Crippen LogP contribution in [0.25, 0.3) is 11.3 Å². The van der Waals surface area contributed by atoms with Gasteiger partial charge in [0.05, 0.1) is 17.8 Å². The van der Waals surface area contributed by atoms with E-state index in [1.165, 1.54) is 43.2 Å². The zero-order chi connectivity index (χ0) is 26.3. The second-order valence-corrected chi connectivity index (χ2v) is 11.1. The van der Waals surface area contributed by atoms with Crippen molar-refractivity contribution in [3.63, 3.8) is 0 Å². The Labute approximate surface area is 229 Å². The Kier molecular flexibility index (Phi) is 8.39. The predicted octanol–water partition coefficient (Wildman–Crippen LogP) is 7.85. The number of benzene rings is 3. The summed E-state index contributed by atoms with van der Waals surface area (Å²) < 4.78 is 0. The fraction of sp³-hybridized carbons (Fsp3) is 0.312. The highest BCUT2D eigenvalue weighted by atomic mass is 32.1. The molecule has 3 aromatic carbocycles. The molecule has 0 amide bonds. The van der Waals surface area contributed by atoms with E-state index in [-0.39, 0.29) is 0 Å². The third kappa shape index (κ3) is 6.62. The minimum absolute atomic E-state index is 0.292. The Balaban J connectivity index is 1.10. The Hall–Kier alpha value is -3.64. The maximum Gasteiger partial charge on any atom is 0.335 e. The second-order valence-electron chi connectivity index (χ2n) is 10.2. The highest BCUT2D eigenvalue weighted by molar-refractivity contribution is 7.10. The number of carboxylic acid groups (broad SMARTS) is 1. The van der Waals surface area contributed by atoms with Gasteiger partial charge in [0.2, 0.25) is 0 Å². The van der Waals surface area contributed by atoms with Gasteiger partial charge >= 0.3 is 5.97 Å². The Bertz CT molecular complexity index is 1320. The van der Waals surface area contributed by atoms with Gasteiger partial charge in [0.1, 0.15) is 5.01 Å². The van der Waals surface area contributed by atoms with Gasteiger partial charge in [-0.3, -0.25) is 0 Å². The number of anilines is 2. The molecule has 196 valence electrons. The van der Waals surface area contributed by atoms with Crippen LogP contribution in [0, 0.1) is 0 Å². The number of thiazole rings is 1. The van der Waals surface area contributed by atoms with Gasteiger partial charge in [-0.2, -0.15) is 0 Å². The molecule has 0 radical (unpaired) electrons. The normalized spacial score (nSPS) is 13.8. The van der Waals surface area contributed by atoms with Crippen LogP contribution >= 0.6 is 11.3 Å². The van der Waals surface area contributed by atoms with Gasteiger partial charge in [-0.15, -0.1) is 11.3 Å². The molecule has 1 aliphatic rings. The quantitative estimate of drug-likeness (QED) is 0.221. The summed E-state index contributed by atoms with van der Waals surface area (Å²) in [6.45, 7) is 1.57. The van der Waals surface area contributed by atoms with Crippen LogP contribution in [0.15, 0.2) is 78.2 Å². The van der Waals surface area contributed by atoms with E-state index >= 15 is 0 Å². The molecule has 4 aromatic rings. The lowest BCUT2D eigenvalue weighted by atomic mass is 9.84. The molecule has 2 N–H and O–H groups in total. The summed E-state index contributed by atoms with van der Waals surface area (Å²) in [5.74, 6) is -0.147. The van der Waals surface area contributed by atoms with Crippen molar-refractivity contribution >= 4 is 28.7 Å². The largest absolute Gasteiger partial charge is 0.478 e. The summed E-state index contributed by atoms with van der Waals surface area (Å²) in [5, 5.41) is 15.7. The first-order chi connectivity index (χ1) is 18.5. The van der Waals surface area contributed by atoms with Gasteiger partial charge in [0, 0.05) is 35.9 Å². The molecule has 0 bridgehead atoms. The van der Waals surface area contributed by atoms with Gasteiger partial charge < -0.3 is 15.3 Å². The van der Waals surface area contributed by atoms with Gasteiger partial charge in [0.15, 0.2) is 0 Å². The molecule has 1 fully saturated rings. The van der Waals surface area contributed by atoms with Crippen molar-refractivity contribution in [3.05, 3.63) is 99.9 Å². The molecule has 38 heavy (non-hydrogen) atoms. The number of rotatable bonds is 10. The second kappa shape index (κ2) is 12.3. The molecule has 0 unspecified atom stereocenters. The first-order valence-corrected chi connectivity index (χ1v) is 14.4. The minimum atomic E-state index is -0.913. The molecule has 0 spiro atoms. The number of nitrogens with one attached hydrogen (secondary N) is 1. The van der Waals surface area contributed by atoms with Crippen molar-refractivity contribution in [3.8, 4) is 11.3 Å². The van der Waals surface area contributed by atoms with Crippen LogP contribution in [-0.4, -0.2) is 29.7 Å². The highest BCUT2D eigenvalue weighted by Crippen LogP contribution is 2.32. The Morgan fingerprint density at radius 2 is 1.68 bits per heavy atom. The third-order valence-corrected chi connectivity index (χ3v) is 8.29. The molecule has 1 saturated carbocycles. The van der Waals surface area contributed by atoms with Crippen molar-refractivity contribution in [2.75, 3.05) is 23.8 Å². The molecule has 1 heterocycles. The lowest BCUT2D eigenvalue weighted by Gasteiger charge is -2.22. The van der Waals surface area contributed by atoms with Crippen LogP contribution < -0.4 is 10.2 Å². The monoisotopic (exact) mass is 525 g/mol. The SMILES string of the molecule is CN(Cc1nc(-c2ccc(NCCc3ccc(C4CCCCC4)cc3)cc2)cs1)c1ccc(C(=O)O)cc1. The van der Waals surface area contributed by atoms with Crippen molar-refractivity contribution in [2.24, 2.45) is 0 Å². The number of carbonyl (C=O) groups is 1. The molecule has 5 nitrogen and oxygen atoms in total. The van der Waals surface area contributed by atoms with E-state index in [1.54, 1.807) is 23.5 Å². The zero-order valence-electron chi connectivity index (χ0n) is 21.9. The van der Waals surface area contributed by atoms with Crippen molar-refractivity contribution in [1.82, 2.24) is 4.98 Å². The van der Waals surface area contributed by atoms with Crippen LogP contribution in [0.2, 0.25) is 0 Å². The summed E-state index contributed by atoms with van der Waals surface area (Å²) in [6, 6.07) is 24.7. The van der Waals surface area contributed by atoms with Crippen molar-refractivity contribution in [2.45, 2.75) is 51.0 Å². The van der Waals surface area contributed by atoms with Crippen LogP contribution in [0.5, 0.6) is 0 Å². The van der Waals surface area contributed by atoms with Crippen molar-refractivity contribution in [1.29, 1.82) is 0 Å². The molecule has 0 aliphatic heterocycles. The topological polar surface area (TPSA) is 65.5 Å².